The van der Waals surface area contributed by atoms with Gasteiger partial charge in [0.05, 0.1) is 12.2 Å². The molecule has 2 rings (SSSR count). The molecule has 8 nitrogen and oxygen atoms in total. The van der Waals surface area contributed by atoms with Gasteiger partial charge in [-0.15, -0.1) is 0 Å². The van der Waals surface area contributed by atoms with Crippen molar-refractivity contribution in [1.29, 1.82) is 0 Å². The van der Waals surface area contributed by atoms with E-state index in [-0.39, 0.29) is 0 Å². The Hall–Kier alpha value is -2.42. The first-order valence-corrected chi connectivity index (χ1v) is 7.29. The fourth-order valence-corrected chi connectivity index (χ4v) is 2.46. The second-order valence-electron chi connectivity index (χ2n) is 5.04. The second kappa shape index (κ2) is 7.91. The number of ether oxygens (including phenoxy) is 3. The van der Waals surface area contributed by atoms with Crippen molar-refractivity contribution in [3.63, 3.8) is 0 Å². The smallest absolute Gasteiger partial charge is 0.405 e. The molecule has 1 atom stereocenters. The third-order valence-corrected chi connectivity index (χ3v) is 3.64. The number of aromatic nitrogens is 2. The van der Waals surface area contributed by atoms with Crippen molar-refractivity contribution >= 4 is 6.09 Å². The zero-order valence-electron chi connectivity index (χ0n) is 13.8. The summed E-state index contributed by atoms with van der Waals surface area (Å²) < 4.78 is 15.8. The van der Waals surface area contributed by atoms with E-state index in [1.807, 2.05) is 30.3 Å². The maximum atomic E-state index is 11.1. The minimum Gasteiger partial charge on any atom is -0.465 e. The number of amides is 1. The van der Waals surface area contributed by atoms with E-state index in [0.717, 1.165) is 5.56 Å². The van der Waals surface area contributed by atoms with E-state index in [1.54, 1.807) is 0 Å². The van der Waals surface area contributed by atoms with Crippen molar-refractivity contribution in [2.75, 3.05) is 21.3 Å². The van der Waals surface area contributed by atoms with Crippen LogP contribution in [-0.4, -0.2) is 42.5 Å². The molecule has 0 fully saturated rings. The van der Waals surface area contributed by atoms with E-state index in [0.29, 0.717) is 17.9 Å². The molecule has 0 saturated carbocycles. The Morgan fingerprint density at radius 1 is 1.25 bits per heavy atom. The van der Waals surface area contributed by atoms with Gasteiger partial charge >= 0.3 is 12.1 Å². The van der Waals surface area contributed by atoms with Crippen LogP contribution >= 0.6 is 0 Å². The zero-order valence-corrected chi connectivity index (χ0v) is 13.8. The highest BCUT2D eigenvalue weighted by Gasteiger charge is 2.35. The van der Waals surface area contributed by atoms with Gasteiger partial charge in [0.15, 0.2) is 0 Å². The molecule has 1 aromatic carbocycles. The van der Waals surface area contributed by atoms with Gasteiger partial charge < -0.3 is 29.6 Å². The standard InChI is InChI=1S/C16H21N3O5/c1-22-16(23-2,24-3)13-10-17-14(19-13)12(18-15(20)21)9-11-7-5-4-6-8-11/h4-8,10,12,18H,9H2,1-3H3,(H,17,19)(H,20,21). The summed E-state index contributed by atoms with van der Waals surface area (Å²) >= 11 is 0. The lowest BCUT2D eigenvalue weighted by atomic mass is 10.1. The summed E-state index contributed by atoms with van der Waals surface area (Å²) in [6.07, 6.45) is 0.804. The Labute approximate surface area is 139 Å². The van der Waals surface area contributed by atoms with Crippen LogP contribution in [-0.2, 0) is 26.6 Å². The number of H-pyrrole nitrogens is 1. The van der Waals surface area contributed by atoms with Gasteiger partial charge in [-0.05, 0) is 5.56 Å². The van der Waals surface area contributed by atoms with Crippen LogP contribution in [0.2, 0.25) is 0 Å². The van der Waals surface area contributed by atoms with E-state index in [2.05, 4.69) is 15.3 Å². The highest BCUT2D eigenvalue weighted by Crippen LogP contribution is 2.27. The second-order valence-corrected chi connectivity index (χ2v) is 5.04. The maximum absolute atomic E-state index is 11.1. The number of aromatic amines is 1. The van der Waals surface area contributed by atoms with Crippen LogP contribution in [0.4, 0.5) is 4.79 Å². The van der Waals surface area contributed by atoms with Crippen molar-refractivity contribution in [3.8, 4) is 0 Å². The number of benzene rings is 1. The SMILES string of the molecule is COC(OC)(OC)c1cnc(C(Cc2ccccc2)NC(=O)O)[nH]1. The average molecular weight is 335 g/mol. The molecule has 0 saturated heterocycles. The first kappa shape index (κ1) is 17.9. The Bertz CT molecular complexity index is 646. The average Bonchev–Trinajstić information content (AvgIpc) is 3.08. The largest absolute Gasteiger partial charge is 0.465 e. The highest BCUT2D eigenvalue weighted by molar-refractivity contribution is 5.65. The monoisotopic (exact) mass is 335 g/mol. The summed E-state index contributed by atoms with van der Waals surface area (Å²) in [5.41, 5.74) is 1.40. The van der Waals surface area contributed by atoms with Gasteiger partial charge in [-0.2, -0.15) is 0 Å². The summed E-state index contributed by atoms with van der Waals surface area (Å²) in [6.45, 7) is 0. The minimum atomic E-state index is -1.42. The first-order chi connectivity index (χ1) is 11.5. The van der Waals surface area contributed by atoms with E-state index >= 15 is 0 Å². The third-order valence-electron chi connectivity index (χ3n) is 3.64. The van der Waals surface area contributed by atoms with Crippen molar-refractivity contribution in [2.45, 2.75) is 18.4 Å². The highest BCUT2D eigenvalue weighted by atomic mass is 16.9. The lowest BCUT2D eigenvalue weighted by Gasteiger charge is -2.27. The summed E-state index contributed by atoms with van der Waals surface area (Å²) in [5, 5.41) is 11.6. The summed E-state index contributed by atoms with van der Waals surface area (Å²) in [7, 11) is 4.30. The lowest BCUT2D eigenvalue weighted by molar-refractivity contribution is -0.366. The summed E-state index contributed by atoms with van der Waals surface area (Å²) in [6, 6.07) is 8.98. The Kier molecular flexibility index (Phi) is 5.91. The molecule has 0 aliphatic rings. The molecule has 0 aliphatic carbocycles. The summed E-state index contributed by atoms with van der Waals surface area (Å²) in [4.78, 5) is 18.4. The topological polar surface area (TPSA) is 106 Å². The Balaban J connectivity index is 2.29. The van der Waals surface area contributed by atoms with Crippen LogP contribution in [0.3, 0.4) is 0 Å². The molecule has 24 heavy (non-hydrogen) atoms. The van der Waals surface area contributed by atoms with E-state index in [9.17, 15) is 4.79 Å². The van der Waals surface area contributed by atoms with Gasteiger partial charge in [0.2, 0.25) is 0 Å². The fourth-order valence-electron chi connectivity index (χ4n) is 2.46. The number of imidazole rings is 1. The number of hydrogen-bond acceptors (Lipinski definition) is 5. The zero-order chi connectivity index (χ0) is 17.6. The van der Waals surface area contributed by atoms with Gasteiger partial charge in [0.1, 0.15) is 11.5 Å². The predicted octanol–water partition coefficient (Wildman–Crippen LogP) is 2.01. The molecule has 0 aliphatic heterocycles. The number of rotatable bonds is 8. The normalized spacial score (nSPS) is 12.8. The molecule has 0 radical (unpaired) electrons. The van der Waals surface area contributed by atoms with E-state index < -0.39 is 18.1 Å². The van der Waals surface area contributed by atoms with Gasteiger partial charge in [-0.25, -0.2) is 9.78 Å². The van der Waals surface area contributed by atoms with Crippen LogP contribution < -0.4 is 5.32 Å². The molecular formula is C16H21N3O5. The minimum absolute atomic E-state index is 0.426. The van der Waals surface area contributed by atoms with Crippen molar-refractivity contribution in [2.24, 2.45) is 0 Å². The van der Waals surface area contributed by atoms with Crippen LogP contribution in [0.5, 0.6) is 0 Å². The fraction of sp³-hybridized carbons (Fsp3) is 0.375. The van der Waals surface area contributed by atoms with Gasteiger partial charge in [-0.1, -0.05) is 30.3 Å². The molecule has 1 aromatic heterocycles. The molecule has 8 heteroatoms. The van der Waals surface area contributed by atoms with Gasteiger partial charge in [0.25, 0.3) is 0 Å². The molecule has 130 valence electrons. The Morgan fingerprint density at radius 3 is 2.42 bits per heavy atom. The van der Waals surface area contributed by atoms with Crippen LogP contribution in [0, 0.1) is 0 Å². The number of nitrogens with zero attached hydrogens (tertiary/aromatic N) is 1. The molecule has 0 bridgehead atoms. The lowest BCUT2D eigenvalue weighted by Crippen LogP contribution is -2.34. The van der Waals surface area contributed by atoms with Crippen LogP contribution in [0.1, 0.15) is 23.1 Å². The summed E-state index contributed by atoms with van der Waals surface area (Å²) in [5.74, 6) is -0.988. The molecule has 1 amide bonds. The molecule has 1 unspecified atom stereocenters. The third kappa shape index (κ3) is 3.91. The quantitative estimate of drug-likeness (QED) is 0.637. The molecule has 3 N–H and O–H groups in total. The predicted molar refractivity (Wildman–Crippen MR) is 85.3 cm³/mol. The maximum Gasteiger partial charge on any atom is 0.405 e. The Morgan fingerprint density at radius 2 is 1.88 bits per heavy atom. The van der Waals surface area contributed by atoms with Crippen molar-refractivity contribution in [1.82, 2.24) is 15.3 Å². The van der Waals surface area contributed by atoms with Crippen molar-refractivity contribution < 1.29 is 24.1 Å². The number of carboxylic acid groups (broad SMARTS) is 1. The van der Waals surface area contributed by atoms with E-state index in [1.165, 1.54) is 27.5 Å². The number of nitrogens with one attached hydrogen (secondary N) is 2. The van der Waals surface area contributed by atoms with Gasteiger partial charge in [0, 0.05) is 27.8 Å². The first-order valence-electron chi connectivity index (χ1n) is 7.29. The van der Waals surface area contributed by atoms with Crippen molar-refractivity contribution in [3.05, 3.63) is 53.6 Å². The van der Waals surface area contributed by atoms with E-state index in [4.69, 9.17) is 19.3 Å². The molecule has 1 heterocycles. The number of hydrogen-bond donors (Lipinski definition) is 3. The van der Waals surface area contributed by atoms with Crippen LogP contribution in [0.25, 0.3) is 0 Å². The number of carbonyl (C=O) groups is 1. The van der Waals surface area contributed by atoms with Gasteiger partial charge in [-0.3, -0.25) is 0 Å². The molecule has 0 spiro atoms. The molecular weight excluding hydrogens is 314 g/mol. The molecule has 2 aromatic rings. The van der Waals surface area contributed by atoms with Crippen LogP contribution in [0.15, 0.2) is 36.5 Å². The number of methoxy groups -OCH3 is 3.